The van der Waals surface area contributed by atoms with Gasteiger partial charge in [0, 0.05) is 7.11 Å². The van der Waals surface area contributed by atoms with E-state index in [0.717, 1.165) is 16.7 Å². The van der Waals surface area contributed by atoms with Crippen LogP contribution in [0, 0.1) is 0 Å². The number of ether oxygens (including phenoxy) is 5. The van der Waals surface area contributed by atoms with Crippen molar-refractivity contribution in [1.82, 2.24) is 0 Å². The molecule has 5 heteroatoms. The van der Waals surface area contributed by atoms with Crippen molar-refractivity contribution in [2.75, 3.05) is 20.3 Å². The van der Waals surface area contributed by atoms with E-state index in [-0.39, 0.29) is 12.2 Å². The van der Waals surface area contributed by atoms with E-state index in [1.54, 1.807) is 7.11 Å². The zero-order valence-electron chi connectivity index (χ0n) is 19.2. The number of hydrogen-bond acceptors (Lipinski definition) is 5. The maximum absolute atomic E-state index is 6.42. The average Bonchev–Trinajstić information content (AvgIpc) is 3.08. The first kappa shape index (κ1) is 24.4. The molecule has 4 unspecified atom stereocenters. The predicted octanol–water partition coefficient (Wildman–Crippen LogP) is 5.07. The molecule has 0 spiro atoms. The molecule has 0 bridgehead atoms. The molecule has 3 rings (SSSR count). The van der Waals surface area contributed by atoms with Gasteiger partial charge in [-0.05, 0) is 30.5 Å². The minimum atomic E-state index is -0.812. The molecule has 172 valence electrons. The van der Waals surface area contributed by atoms with Gasteiger partial charge in [-0.2, -0.15) is 0 Å². The van der Waals surface area contributed by atoms with E-state index < -0.39 is 11.9 Å². The Morgan fingerprint density at radius 2 is 1.66 bits per heavy atom. The van der Waals surface area contributed by atoms with Crippen LogP contribution in [0.4, 0.5) is 0 Å². The Kier molecular flexibility index (Phi) is 9.21. The number of methoxy groups -OCH3 is 1. The van der Waals surface area contributed by atoms with Gasteiger partial charge < -0.3 is 23.7 Å². The number of allylic oxidation sites excluding steroid dienone is 1. The molecule has 1 fully saturated rings. The summed E-state index contributed by atoms with van der Waals surface area (Å²) in [5.41, 5.74) is 2.25. The van der Waals surface area contributed by atoms with Crippen molar-refractivity contribution in [3.8, 4) is 0 Å². The molecule has 1 aliphatic rings. The minimum absolute atomic E-state index is 0.345. The molecule has 1 heterocycles. The van der Waals surface area contributed by atoms with E-state index in [4.69, 9.17) is 23.7 Å². The molecule has 1 aliphatic heterocycles. The zero-order chi connectivity index (χ0) is 22.8. The largest absolute Gasteiger partial charge is 0.374 e. The summed E-state index contributed by atoms with van der Waals surface area (Å²) in [5.74, 6) is 0. The molecular weight excluding hydrogens is 404 g/mol. The minimum Gasteiger partial charge on any atom is -0.374 e. The summed E-state index contributed by atoms with van der Waals surface area (Å²) in [6, 6.07) is 20.1. The Morgan fingerprint density at radius 1 is 1.03 bits per heavy atom. The van der Waals surface area contributed by atoms with Crippen LogP contribution < -0.4 is 0 Å². The van der Waals surface area contributed by atoms with Gasteiger partial charge in [0.05, 0.1) is 26.4 Å². The van der Waals surface area contributed by atoms with Crippen LogP contribution in [0.3, 0.4) is 0 Å². The lowest BCUT2D eigenvalue weighted by Gasteiger charge is -2.34. The fraction of sp³-hybridized carbons (Fsp3) is 0.407. The molecule has 32 heavy (non-hydrogen) atoms. The standard InChI is InChI=1S/C27H34O5/c1-5-12-21(2)17-29-20-24-25(30-18-22-13-8-6-9-14-22)27(3,26(28-4)32-24)31-19-23-15-10-7-11-16-23/h5-16,24-26H,2,17-20H2,1,3-4H3. The van der Waals surface area contributed by atoms with E-state index in [9.17, 15) is 0 Å². The van der Waals surface area contributed by atoms with Crippen LogP contribution in [0.15, 0.2) is 85.0 Å². The first-order valence-corrected chi connectivity index (χ1v) is 11.0. The van der Waals surface area contributed by atoms with Crippen molar-refractivity contribution >= 4 is 0 Å². The van der Waals surface area contributed by atoms with Gasteiger partial charge >= 0.3 is 0 Å². The summed E-state index contributed by atoms with van der Waals surface area (Å²) >= 11 is 0. The Hall–Kier alpha value is -2.28. The topological polar surface area (TPSA) is 46.2 Å². The quantitative estimate of drug-likeness (QED) is 0.433. The molecule has 0 radical (unpaired) electrons. The van der Waals surface area contributed by atoms with Crippen LogP contribution in [0.25, 0.3) is 0 Å². The summed E-state index contributed by atoms with van der Waals surface area (Å²) in [6.07, 6.45) is 2.57. The van der Waals surface area contributed by atoms with Gasteiger partial charge in [-0.15, -0.1) is 0 Å². The summed E-state index contributed by atoms with van der Waals surface area (Å²) in [7, 11) is 1.63. The van der Waals surface area contributed by atoms with Gasteiger partial charge in [0.1, 0.15) is 17.8 Å². The molecule has 0 aliphatic carbocycles. The van der Waals surface area contributed by atoms with Crippen molar-refractivity contribution in [2.45, 2.75) is 51.2 Å². The third-order valence-corrected chi connectivity index (χ3v) is 5.52. The van der Waals surface area contributed by atoms with Gasteiger partial charge in [-0.25, -0.2) is 0 Å². The Bertz CT molecular complexity index is 851. The lowest BCUT2D eigenvalue weighted by molar-refractivity contribution is -0.216. The lowest BCUT2D eigenvalue weighted by atomic mass is 9.96. The second-order valence-electron chi connectivity index (χ2n) is 8.09. The summed E-state index contributed by atoms with van der Waals surface area (Å²) in [5, 5.41) is 0. The zero-order valence-corrected chi connectivity index (χ0v) is 19.2. The molecule has 4 atom stereocenters. The molecule has 5 nitrogen and oxygen atoms in total. The molecule has 0 aromatic heterocycles. The Balaban J connectivity index is 1.74. The normalized spacial score (nSPS) is 25.4. The second-order valence-corrected chi connectivity index (χ2v) is 8.09. The molecule has 0 saturated carbocycles. The van der Waals surface area contributed by atoms with Crippen molar-refractivity contribution in [3.63, 3.8) is 0 Å². The van der Waals surface area contributed by atoms with Crippen LogP contribution in [0.2, 0.25) is 0 Å². The Labute approximate surface area is 191 Å². The van der Waals surface area contributed by atoms with E-state index in [1.807, 2.05) is 86.7 Å². The van der Waals surface area contributed by atoms with Crippen LogP contribution >= 0.6 is 0 Å². The van der Waals surface area contributed by atoms with Gasteiger partial charge in [-0.3, -0.25) is 0 Å². The van der Waals surface area contributed by atoms with Crippen molar-refractivity contribution in [3.05, 3.63) is 96.1 Å². The maximum atomic E-state index is 6.42. The van der Waals surface area contributed by atoms with E-state index in [1.165, 1.54) is 0 Å². The molecule has 0 amide bonds. The molecule has 0 N–H and O–H groups in total. The van der Waals surface area contributed by atoms with Crippen LogP contribution in [-0.4, -0.2) is 44.4 Å². The van der Waals surface area contributed by atoms with Crippen LogP contribution in [-0.2, 0) is 36.9 Å². The van der Waals surface area contributed by atoms with Crippen molar-refractivity contribution in [2.24, 2.45) is 0 Å². The average molecular weight is 439 g/mol. The molecule has 1 saturated heterocycles. The summed E-state index contributed by atoms with van der Waals surface area (Å²) in [4.78, 5) is 0. The fourth-order valence-corrected chi connectivity index (χ4v) is 3.87. The van der Waals surface area contributed by atoms with Crippen LogP contribution in [0.1, 0.15) is 25.0 Å². The molecule has 2 aromatic carbocycles. The van der Waals surface area contributed by atoms with Gasteiger partial charge in [-0.1, -0.05) is 79.4 Å². The lowest BCUT2D eigenvalue weighted by Crippen LogP contribution is -2.50. The number of benzene rings is 2. The highest BCUT2D eigenvalue weighted by Crippen LogP contribution is 2.38. The molecular formula is C27H34O5. The van der Waals surface area contributed by atoms with Gasteiger partial charge in [0.15, 0.2) is 6.29 Å². The highest BCUT2D eigenvalue weighted by atomic mass is 16.7. The van der Waals surface area contributed by atoms with Crippen molar-refractivity contribution < 1.29 is 23.7 Å². The molecule has 2 aromatic rings. The maximum Gasteiger partial charge on any atom is 0.189 e. The van der Waals surface area contributed by atoms with Crippen LogP contribution in [0.5, 0.6) is 0 Å². The Morgan fingerprint density at radius 3 is 2.25 bits per heavy atom. The smallest absolute Gasteiger partial charge is 0.189 e. The number of hydrogen-bond donors (Lipinski definition) is 0. The van der Waals surface area contributed by atoms with E-state index >= 15 is 0 Å². The second kappa shape index (κ2) is 12.1. The third-order valence-electron chi connectivity index (χ3n) is 5.52. The summed E-state index contributed by atoms with van der Waals surface area (Å²) in [6.45, 7) is 9.58. The fourth-order valence-electron chi connectivity index (χ4n) is 3.87. The third kappa shape index (κ3) is 6.37. The van der Waals surface area contributed by atoms with Gasteiger partial charge in [0.25, 0.3) is 0 Å². The highest BCUT2D eigenvalue weighted by Gasteiger charge is 2.56. The van der Waals surface area contributed by atoms with E-state index in [2.05, 4.69) is 6.58 Å². The summed E-state index contributed by atoms with van der Waals surface area (Å²) < 4.78 is 30.6. The van der Waals surface area contributed by atoms with Gasteiger partial charge in [0.2, 0.25) is 0 Å². The predicted molar refractivity (Wildman–Crippen MR) is 125 cm³/mol. The highest BCUT2D eigenvalue weighted by molar-refractivity contribution is 5.16. The number of rotatable bonds is 12. The van der Waals surface area contributed by atoms with Crippen molar-refractivity contribution in [1.29, 1.82) is 0 Å². The first-order chi connectivity index (χ1) is 15.6. The van der Waals surface area contributed by atoms with E-state index in [0.29, 0.717) is 26.4 Å². The monoisotopic (exact) mass is 438 g/mol. The first-order valence-electron chi connectivity index (χ1n) is 11.0. The SMILES string of the molecule is C=C(C=CC)COCC1OC(OC)C(C)(OCc2ccccc2)C1OCc1ccccc1.